The van der Waals surface area contributed by atoms with Crippen LogP contribution in [-0.2, 0) is 16.1 Å². The summed E-state index contributed by atoms with van der Waals surface area (Å²) in [6, 6.07) is 13.7. The Morgan fingerprint density at radius 3 is 2.35 bits per heavy atom. The standard InChI is InChI=1S/C35H36F5NO5/c1-32-18-28(21-5-3-20(4-6-21)19-46-31(43)41-23-8-11-25(45-2)12-9-23)30-26-14-10-24(42)17-22(26)7-13-27(30)29(32)15-16-33(32,44)34(36,37)35(38,39)40/h3-6,8-9,11-12,17,27-29,44H,7,10,13-16,18-19H2,1-2H3,(H,41,43)/t27?,28-,29?,32+,33+/m1/s1. The number of hydrogen-bond donors (Lipinski definition) is 2. The highest BCUT2D eigenvalue weighted by Gasteiger charge is 2.79. The predicted molar refractivity (Wildman–Crippen MR) is 159 cm³/mol. The number of benzene rings is 2. The Balaban J connectivity index is 1.29. The second-order valence-corrected chi connectivity index (χ2v) is 13.1. The van der Waals surface area contributed by atoms with Crippen LogP contribution in [0.2, 0.25) is 0 Å². The first kappa shape index (κ1) is 32.2. The lowest BCUT2D eigenvalue weighted by atomic mass is 9.50. The van der Waals surface area contributed by atoms with Crippen molar-refractivity contribution in [3.63, 3.8) is 0 Å². The summed E-state index contributed by atoms with van der Waals surface area (Å²) in [5.41, 5.74) is -0.198. The minimum Gasteiger partial charge on any atom is -0.497 e. The van der Waals surface area contributed by atoms with Crippen LogP contribution in [0.3, 0.4) is 0 Å². The summed E-state index contributed by atoms with van der Waals surface area (Å²) in [5.74, 6) is -6.04. The Hall–Kier alpha value is -3.73. The zero-order chi connectivity index (χ0) is 33.1. The number of carbonyl (C=O) groups excluding carboxylic acids is 2. The number of aliphatic hydroxyl groups is 1. The average molecular weight is 646 g/mol. The second kappa shape index (κ2) is 11.5. The van der Waals surface area contributed by atoms with Crippen LogP contribution >= 0.6 is 0 Å². The Kier molecular flexibility index (Phi) is 8.06. The SMILES string of the molecule is COc1ccc(NC(=O)OCc2ccc([C@H]3C[C@@]4(C)C(CC[C@@]4(O)C(F)(F)C(F)(F)F)C4CCC5=CC(=O)CCC5=C43)cc2)cc1. The number of methoxy groups -OCH3 is 1. The fraction of sp³-hybridized carbons (Fsp3) is 0.486. The van der Waals surface area contributed by atoms with Gasteiger partial charge >= 0.3 is 18.2 Å². The zero-order valence-corrected chi connectivity index (χ0v) is 25.6. The van der Waals surface area contributed by atoms with Gasteiger partial charge in [0.15, 0.2) is 5.78 Å². The molecule has 2 N–H and O–H groups in total. The molecule has 6 rings (SSSR count). The molecule has 0 aromatic heterocycles. The molecule has 46 heavy (non-hydrogen) atoms. The molecule has 11 heteroatoms. The highest BCUT2D eigenvalue weighted by atomic mass is 19.4. The van der Waals surface area contributed by atoms with E-state index in [0.717, 1.165) is 16.7 Å². The molecule has 6 nitrogen and oxygen atoms in total. The fourth-order valence-corrected chi connectivity index (χ4v) is 8.54. The van der Waals surface area contributed by atoms with E-state index in [4.69, 9.17) is 9.47 Å². The van der Waals surface area contributed by atoms with Crippen LogP contribution in [-0.4, -0.2) is 41.8 Å². The van der Waals surface area contributed by atoms with Crippen LogP contribution in [0.4, 0.5) is 32.4 Å². The molecular weight excluding hydrogens is 609 g/mol. The van der Waals surface area contributed by atoms with Crippen molar-refractivity contribution in [2.45, 2.75) is 82.1 Å². The van der Waals surface area contributed by atoms with Gasteiger partial charge in [0.25, 0.3) is 0 Å². The van der Waals surface area contributed by atoms with Crippen molar-refractivity contribution in [3.05, 3.63) is 82.5 Å². The quantitative estimate of drug-likeness (QED) is 0.309. The number of rotatable bonds is 6. The maximum Gasteiger partial charge on any atom is 0.456 e. The Morgan fingerprint density at radius 1 is 1.00 bits per heavy atom. The zero-order valence-electron chi connectivity index (χ0n) is 25.6. The number of fused-ring (bicyclic) bond motifs is 4. The van der Waals surface area contributed by atoms with Crippen molar-refractivity contribution < 1.29 is 46.1 Å². The molecule has 2 aromatic rings. The third-order valence-electron chi connectivity index (χ3n) is 10.9. The third kappa shape index (κ3) is 5.20. The lowest BCUT2D eigenvalue weighted by molar-refractivity contribution is -0.362. The summed E-state index contributed by atoms with van der Waals surface area (Å²) in [7, 11) is 1.53. The molecule has 0 heterocycles. The molecule has 2 aromatic carbocycles. The molecular formula is C35H36F5NO5. The molecule has 0 bridgehead atoms. The van der Waals surface area contributed by atoms with Crippen molar-refractivity contribution in [1.82, 2.24) is 0 Å². The van der Waals surface area contributed by atoms with Gasteiger partial charge in [0.2, 0.25) is 0 Å². The van der Waals surface area contributed by atoms with Crippen molar-refractivity contribution in [2.75, 3.05) is 12.4 Å². The van der Waals surface area contributed by atoms with Crippen LogP contribution in [0.5, 0.6) is 5.75 Å². The average Bonchev–Trinajstić information content (AvgIpc) is 3.30. The predicted octanol–water partition coefficient (Wildman–Crippen LogP) is 8.27. The van der Waals surface area contributed by atoms with Gasteiger partial charge in [-0.15, -0.1) is 0 Å². The van der Waals surface area contributed by atoms with E-state index in [1.165, 1.54) is 14.0 Å². The van der Waals surface area contributed by atoms with Crippen LogP contribution in [0.25, 0.3) is 0 Å². The molecule has 0 saturated heterocycles. The van der Waals surface area contributed by atoms with Gasteiger partial charge in [-0.2, -0.15) is 22.0 Å². The van der Waals surface area contributed by atoms with Gasteiger partial charge < -0.3 is 14.6 Å². The maximum atomic E-state index is 15.2. The Labute approximate surface area is 263 Å². The van der Waals surface area contributed by atoms with Gasteiger partial charge in [-0.05, 0) is 103 Å². The van der Waals surface area contributed by atoms with Gasteiger partial charge in [-0.25, -0.2) is 4.79 Å². The number of nitrogens with one attached hydrogen (secondary N) is 1. The molecule has 4 aliphatic carbocycles. The third-order valence-corrected chi connectivity index (χ3v) is 10.9. The first-order valence-corrected chi connectivity index (χ1v) is 15.5. The smallest absolute Gasteiger partial charge is 0.456 e. The normalized spacial score (nSPS) is 29.3. The van der Waals surface area contributed by atoms with E-state index in [1.807, 2.05) is 0 Å². The number of carbonyl (C=O) groups is 2. The van der Waals surface area contributed by atoms with Crippen molar-refractivity contribution in [3.8, 4) is 5.75 Å². The lowest BCUT2D eigenvalue weighted by Crippen LogP contribution is -2.65. The maximum absolute atomic E-state index is 15.2. The molecule has 1 amide bonds. The van der Waals surface area contributed by atoms with Gasteiger partial charge in [0.1, 0.15) is 18.0 Å². The number of anilines is 1. The summed E-state index contributed by atoms with van der Waals surface area (Å²) < 4.78 is 82.2. The van der Waals surface area contributed by atoms with Crippen LogP contribution < -0.4 is 10.1 Å². The van der Waals surface area contributed by atoms with Gasteiger partial charge in [-0.3, -0.25) is 10.1 Å². The van der Waals surface area contributed by atoms with Gasteiger partial charge in [0.05, 0.1) is 7.11 Å². The molecule has 0 radical (unpaired) electrons. The lowest BCUT2D eigenvalue weighted by Gasteiger charge is -2.56. The summed E-state index contributed by atoms with van der Waals surface area (Å²) in [4.78, 5) is 24.6. The molecule has 5 atom stereocenters. The van der Waals surface area contributed by atoms with E-state index in [9.17, 15) is 27.9 Å². The van der Waals surface area contributed by atoms with Crippen molar-refractivity contribution >= 4 is 17.6 Å². The van der Waals surface area contributed by atoms with E-state index >= 15 is 8.78 Å². The monoisotopic (exact) mass is 645 g/mol. The fourth-order valence-electron chi connectivity index (χ4n) is 8.54. The summed E-state index contributed by atoms with van der Waals surface area (Å²) in [6.07, 6.45) is -3.76. The van der Waals surface area contributed by atoms with Crippen LogP contribution in [0.15, 0.2) is 71.3 Å². The minimum absolute atomic E-state index is 0.0236. The van der Waals surface area contributed by atoms with E-state index in [1.54, 1.807) is 54.6 Å². The molecule has 246 valence electrons. The van der Waals surface area contributed by atoms with Crippen molar-refractivity contribution in [1.29, 1.82) is 0 Å². The Bertz CT molecular complexity index is 1580. The summed E-state index contributed by atoms with van der Waals surface area (Å²) in [6.45, 7) is 1.34. The van der Waals surface area contributed by atoms with E-state index < -0.39 is 47.5 Å². The van der Waals surface area contributed by atoms with Crippen molar-refractivity contribution in [2.24, 2.45) is 17.3 Å². The number of hydrogen-bond acceptors (Lipinski definition) is 5. The highest BCUT2D eigenvalue weighted by molar-refractivity contribution is 5.93. The summed E-state index contributed by atoms with van der Waals surface area (Å²) in [5, 5.41) is 14.1. The summed E-state index contributed by atoms with van der Waals surface area (Å²) >= 11 is 0. The Morgan fingerprint density at radius 2 is 1.70 bits per heavy atom. The molecule has 4 aliphatic rings. The largest absolute Gasteiger partial charge is 0.497 e. The minimum atomic E-state index is -5.90. The first-order valence-electron chi connectivity index (χ1n) is 15.5. The van der Waals surface area contributed by atoms with Crippen LogP contribution in [0.1, 0.15) is 68.9 Å². The molecule has 2 unspecified atom stereocenters. The topological polar surface area (TPSA) is 84.9 Å². The van der Waals surface area contributed by atoms with Gasteiger partial charge in [-0.1, -0.05) is 36.8 Å². The number of halogens is 5. The second-order valence-electron chi connectivity index (χ2n) is 13.1. The number of amides is 1. The van der Waals surface area contributed by atoms with Crippen LogP contribution in [0, 0.1) is 17.3 Å². The first-order chi connectivity index (χ1) is 21.7. The molecule has 0 spiro atoms. The van der Waals surface area contributed by atoms with Gasteiger partial charge in [0, 0.05) is 23.4 Å². The van der Waals surface area contributed by atoms with E-state index in [-0.39, 0.29) is 31.1 Å². The molecule has 2 saturated carbocycles. The number of allylic oxidation sites excluding steroid dienone is 4. The number of ketones is 1. The van der Waals surface area contributed by atoms with E-state index in [2.05, 4.69) is 5.32 Å². The molecule has 0 aliphatic heterocycles. The van der Waals surface area contributed by atoms with E-state index in [0.29, 0.717) is 48.2 Å². The molecule has 2 fully saturated rings. The number of ether oxygens (including phenoxy) is 2. The number of alkyl halides is 5. The highest BCUT2D eigenvalue weighted by Crippen LogP contribution is 2.70.